The van der Waals surface area contributed by atoms with Gasteiger partial charge in [0.1, 0.15) is 24.2 Å². The second-order valence-corrected chi connectivity index (χ2v) is 9.69. The van der Waals surface area contributed by atoms with Crippen molar-refractivity contribution < 1.29 is 28.7 Å². The van der Waals surface area contributed by atoms with Gasteiger partial charge in [-0.05, 0) is 57.4 Å². The summed E-state index contributed by atoms with van der Waals surface area (Å²) in [6, 6.07) is -1.72. The Morgan fingerprint density at radius 2 is 1.63 bits per heavy atom. The molecule has 1 saturated carbocycles. The molecule has 1 fully saturated rings. The lowest BCUT2D eigenvalue weighted by atomic mass is 10.00. The molecular formula is C24H43N5O6. The quantitative estimate of drug-likeness (QED) is 0.122. The van der Waals surface area contributed by atoms with Crippen LogP contribution in [0.3, 0.4) is 0 Å². The number of esters is 2. The van der Waals surface area contributed by atoms with Gasteiger partial charge in [-0.25, -0.2) is 9.59 Å². The van der Waals surface area contributed by atoms with Crippen molar-refractivity contribution in [2.24, 2.45) is 17.4 Å². The first-order valence-electron chi connectivity index (χ1n) is 12.6. The molecule has 7 N–H and O–H groups in total. The Balaban J connectivity index is 2.74. The van der Waals surface area contributed by atoms with Crippen molar-refractivity contribution in [3.8, 4) is 0 Å². The van der Waals surface area contributed by atoms with Gasteiger partial charge in [0.2, 0.25) is 17.7 Å². The first-order valence-corrected chi connectivity index (χ1v) is 12.6. The number of amides is 3. The van der Waals surface area contributed by atoms with E-state index in [0.29, 0.717) is 57.9 Å². The molecule has 2 atom stereocenters. The molecular weight excluding hydrogens is 454 g/mol. The third-order valence-corrected chi connectivity index (χ3v) is 5.93. The summed E-state index contributed by atoms with van der Waals surface area (Å²) >= 11 is 0. The summed E-state index contributed by atoms with van der Waals surface area (Å²) in [6.45, 7) is 5.63. The molecule has 11 nitrogen and oxygen atoms in total. The molecule has 1 aliphatic carbocycles. The minimum absolute atomic E-state index is 0.134. The van der Waals surface area contributed by atoms with Crippen LogP contribution in [0, 0.1) is 5.92 Å². The third-order valence-electron chi connectivity index (χ3n) is 5.93. The maximum absolute atomic E-state index is 13.0. The van der Waals surface area contributed by atoms with Gasteiger partial charge in [0.15, 0.2) is 0 Å². The first-order chi connectivity index (χ1) is 16.5. The van der Waals surface area contributed by atoms with Gasteiger partial charge in [0, 0.05) is 6.42 Å². The largest absolute Gasteiger partial charge is 0.390 e. The molecule has 1 aliphatic rings. The number of carbonyl (C=O) groups is 5. The molecule has 0 saturated heterocycles. The zero-order chi connectivity index (χ0) is 26.4. The number of unbranched alkanes of at least 4 members (excludes halogenated alkanes) is 1. The monoisotopic (exact) mass is 497 g/mol. The SMILES string of the molecule is CCCC(=O)N[C@@H](CC(C)C)C(=O)N[C@@H](CCCCN)C(=O)NCC(=O)OC(=O)C1(N)CCCC1. The van der Waals surface area contributed by atoms with E-state index in [1.807, 2.05) is 20.8 Å². The molecule has 11 heteroatoms. The number of nitrogens with one attached hydrogen (secondary N) is 3. The Kier molecular flexibility index (Phi) is 13.5. The number of rotatable bonds is 15. The normalized spacial score (nSPS) is 16.3. The lowest BCUT2D eigenvalue weighted by Gasteiger charge is -2.24. The number of nitrogens with two attached hydrogens (primary N) is 2. The molecule has 0 heterocycles. The molecule has 35 heavy (non-hydrogen) atoms. The van der Waals surface area contributed by atoms with Crippen molar-refractivity contribution >= 4 is 29.7 Å². The van der Waals surface area contributed by atoms with Crippen LogP contribution in [0.1, 0.15) is 85.0 Å². The standard InChI is InChI=1S/C24H43N5O6/c1-4-9-19(30)28-18(14-16(2)3)22(33)29-17(10-5-8-13-25)21(32)27-15-20(31)35-23(34)24(26)11-6-7-12-24/h16-18H,4-15,25-26H2,1-3H3,(H,27,32)(H,28,30)(H,29,33)/t17-,18-/m0/s1. The Bertz CT molecular complexity index is 736. The highest BCUT2D eigenvalue weighted by atomic mass is 16.6. The summed E-state index contributed by atoms with van der Waals surface area (Å²) in [5, 5.41) is 7.86. The summed E-state index contributed by atoms with van der Waals surface area (Å²) in [6.07, 6.45) is 5.36. The van der Waals surface area contributed by atoms with Crippen LogP contribution < -0.4 is 27.4 Å². The fourth-order valence-electron chi connectivity index (χ4n) is 3.96. The molecule has 0 spiro atoms. The Morgan fingerprint density at radius 1 is 0.971 bits per heavy atom. The van der Waals surface area contributed by atoms with Gasteiger partial charge in [-0.15, -0.1) is 0 Å². The van der Waals surface area contributed by atoms with Crippen LogP contribution in [0.2, 0.25) is 0 Å². The van der Waals surface area contributed by atoms with E-state index in [1.165, 1.54) is 0 Å². The van der Waals surface area contributed by atoms with Crippen LogP contribution in [0.15, 0.2) is 0 Å². The maximum atomic E-state index is 13.0. The van der Waals surface area contributed by atoms with Crippen molar-refractivity contribution in [1.82, 2.24) is 16.0 Å². The summed E-state index contributed by atoms with van der Waals surface area (Å²) in [5.74, 6) is -2.87. The van der Waals surface area contributed by atoms with E-state index in [2.05, 4.69) is 16.0 Å². The summed E-state index contributed by atoms with van der Waals surface area (Å²) < 4.78 is 4.83. The van der Waals surface area contributed by atoms with Crippen LogP contribution in [0.5, 0.6) is 0 Å². The Morgan fingerprint density at radius 3 is 2.20 bits per heavy atom. The minimum Gasteiger partial charge on any atom is -0.390 e. The fraction of sp³-hybridized carbons (Fsp3) is 0.792. The zero-order valence-electron chi connectivity index (χ0n) is 21.3. The smallest absolute Gasteiger partial charge is 0.333 e. The van der Waals surface area contributed by atoms with Gasteiger partial charge in [-0.2, -0.15) is 0 Å². The minimum atomic E-state index is -1.16. The lowest BCUT2D eigenvalue weighted by molar-refractivity contribution is -0.163. The van der Waals surface area contributed by atoms with Crippen molar-refractivity contribution in [2.45, 2.75) is 103 Å². The number of carbonyl (C=O) groups excluding carboxylic acids is 5. The van der Waals surface area contributed by atoms with E-state index in [4.69, 9.17) is 16.2 Å². The molecule has 0 aromatic heterocycles. The molecule has 0 radical (unpaired) electrons. The molecule has 0 aliphatic heterocycles. The van der Waals surface area contributed by atoms with Crippen LogP contribution in [0.25, 0.3) is 0 Å². The van der Waals surface area contributed by atoms with Crippen LogP contribution >= 0.6 is 0 Å². The van der Waals surface area contributed by atoms with Gasteiger partial charge in [-0.1, -0.05) is 33.6 Å². The maximum Gasteiger partial charge on any atom is 0.333 e. The lowest BCUT2D eigenvalue weighted by Crippen LogP contribution is -2.54. The van der Waals surface area contributed by atoms with E-state index >= 15 is 0 Å². The number of ether oxygens (including phenoxy) is 1. The van der Waals surface area contributed by atoms with Crippen LogP contribution in [-0.4, -0.2) is 60.4 Å². The molecule has 0 unspecified atom stereocenters. The Hall–Kier alpha value is -2.53. The molecule has 1 rings (SSSR count). The summed E-state index contributed by atoms with van der Waals surface area (Å²) in [4.78, 5) is 62.1. The predicted molar refractivity (Wildman–Crippen MR) is 131 cm³/mol. The van der Waals surface area contributed by atoms with Gasteiger partial charge < -0.3 is 32.2 Å². The first kappa shape index (κ1) is 30.5. The Labute approximate surface area is 207 Å². The summed E-state index contributed by atoms with van der Waals surface area (Å²) in [5.41, 5.74) is 10.4. The highest BCUT2D eigenvalue weighted by Gasteiger charge is 2.39. The zero-order valence-corrected chi connectivity index (χ0v) is 21.3. The average Bonchev–Trinajstić information content (AvgIpc) is 3.24. The van der Waals surface area contributed by atoms with Gasteiger partial charge in [0.25, 0.3) is 0 Å². The predicted octanol–water partition coefficient (Wildman–Crippen LogP) is 0.389. The van der Waals surface area contributed by atoms with E-state index in [1.54, 1.807) is 0 Å². The van der Waals surface area contributed by atoms with Crippen molar-refractivity contribution in [1.29, 1.82) is 0 Å². The van der Waals surface area contributed by atoms with E-state index < -0.39 is 47.9 Å². The summed E-state index contributed by atoms with van der Waals surface area (Å²) in [7, 11) is 0. The van der Waals surface area contributed by atoms with E-state index in [9.17, 15) is 24.0 Å². The molecule has 0 aromatic rings. The molecule has 0 bridgehead atoms. The van der Waals surface area contributed by atoms with E-state index in [0.717, 1.165) is 12.8 Å². The van der Waals surface area contributed by atoms with Crippen LogP contribution in [0.4, 0.5) is 0 Å². The van der Waals surface area contributed by atoms with Crippen molar-refractivity contribution in [3.05, 3.63) is 0 Å². The fourth-order valence-corrected chi connectivity index (χ4v) is 3.96. The van der Waals surface area contributed by atoms with Crippen molar-refractivity contribution in [3.63, 3.8) is 0 Å². The molecule has 200 valence electrons. The molecule has 3 amide bonds. The number of hydrogen-bond acceptors (Lipinski definition) is 8. The second-order valence-electron chi connectivity index (χ2n) is 9.69. The van der Waals surface area contributed by atoms with Gasteiger partial charge in [0.05, 0.1) is 0 Å². The van der Waals surface area contributed by atoms with E-state index in [-0.39, 0.29) is 11.8 Å². The third kappa shape index (κ3) is 11.2. The highest BCUT2D eigenvalue weighted by Crippen LogP contribution is 2.28. The average molecular weight is 498 g/mol. The topological polar surface area (TPSA) is 183 Å². The molecule has 0 aromatic carbocycles. The van der Waals surface area contributed by atoms with Gasteiger partial charge >= 0.3 is 11.9 Å². The van der Waals surface area contributed by atoms with Crippen molar-refractivity contribution in [2.75, 3.05) is 13.1 Å². The number of hydrogen-bond donors (Lipinski definition) is 5. The second kappa shape index (κ2) is 15.5. The van der Waals surface area contributed by atoms with Crippen LogP contribution in [-0.2, 0) is 28.7 Å². The van der Waals surface area contributed by atoms with Gasteiger partial charge in [-0.3, -0.25) is 14.4 Å². The highest BCUT2D eigenvalue weighted by molar-refractivity contribution is 5.95.